The molecular formula is C12H11Cl2F2N. The molecule has 0 N–H and O–H groups in total. The predicted octanol–water partition coefficient (Wildman–Crippen LogP) is 4.18. The van der Waals surface area contributed by atoms with E-state index in [1.165, 1.54) is 6.07 Å². The summed E-state index contributed by atoms with van der Waals surface area (Å²) >= 11 is 0. The van der Waals surface area contributed by atoms with Gasteiger partial charge in [0, 0.05) is 11.8 Å². The lowest BCUT2D eigenvalue weighted by atomic mass is 10.1. The van der Waals surface area contributed by atoms with Crippen LogP contribution >= 0.6 is 24.8 Å². The maximum Gasteiger partial charge on any atom is 0.159 e. The molecular weight excluding hydrogens is 267 g/mol. The summed E-state index contributed by atoms with van der Waals surface area (Å²) in [6.07, 6.45) is 1.64. The first kappa shape index (κ1) is 15.8. The molecule has 0 bridgehead atoms. The monoisotopic (exact) mass is 277 g/mol. The fourth-order valence-electron chi connectivity index (χ4n) is 1.35. The van der Waals surface area contributed by atoms with Crippen LogP contribution in [0.4, 0.5) is 8.78 Å². The van der Waals surface area contributed by atoms with Crippen molar-refractivity contribution in [2.45, 2.75) is 6.92 Å². The summed E-state index contributed by atoms with van der Waals surface area (Å²) in [5, 5.41) is 0. The molecule has 0 spiro atoms. The first-order valence-corrected chi connectivity index (χ1v) is 4.55. The molecule has 5 heteroatoms. The summed E-state index contributed by atoms with van der Waals surface area (Å²) in [5.41, 5.74) is 2.26. The maximum absolute atomic E-state index is 13.0. The third kappa shape index (κ3) is 3.65. The van der Waals surface area contributed by atoms with Crippen molar-refractivity contribution in [1.82, 2.24) is 4.98 Å². The fourth-order valence-corrected chi connectivity index (χ4v) is 1.35. The minimum absolute atomic E-state index is 0. The van der Waals surface area contributed by atoms with Gasteiger partial charge in [0.05, 0.1) is 5.69 Å². The van der Waals surface area contributed by atoms with Crippen LogP contribution in [0.1, 0.15) is 5.56 Å². The Hall–Kier alpha value is -1.19. The zero-order chi connectivity index (χ0) is 10.8. The molecule has 0 unspecified atom stereocenters. The van der Waals surface area contributed by atoms with Gasteiger partial charge in [0.25, 0.3) is 0 Å². The average Bonchev–Trinajstić information content (AvgIpc) is 2.22. The number of aromatic nitrogens is 1. The van der Waals surface area contributed by atoms with Gasteiger partial charge in [0.1, 0.15) is 0 Å². The predicted molar refractivity (Wildman–Crippen MR) is 68.8 cm³/mol. The molecule has 0 aliphatic heterocycles. The zero-order valence-electron chi connectivity index (χ0n) is 8.98. The van der Waals surface area contributed by atoms with Crippen molar-refractivity contribution in [3.8, 4) is 11.3 Å². The normalized spacial score (nSPS) is 9.12. The fraction of sp³-hybridized carbons (Fsp3) is 0.0833. The van der Waals surface area contributed by atoms with Crippen LogP contribution < -0.4 is 0 Å². The van der Waals surface area contributed by atoms with Gasteiger partial charge in [-0.05, 0) is 42.8 Å². The van der Waals surface area contributed by atoms with Crippen LogP contribution in [0.25, 0.3) is 11.3 Å². The van der Waals surface area contributed by atoms with Crippen LogP contribution in [0.3, 0.4) is 0 Å². The van der Waals surface area contributed by atoms with Gasteiger partial charge in [-0.3, -0.25) is 4.98 Å². The molecule has 1 nitrogen and oxygen atoms in total. The van der Waals surface area contributed by atoms with Gasteiger partial charge in [-0.15, -0.1) is 24.8 Å². The molecule has 1 aromatic carbocycles. The highest BCUT2D eigenvalue weighted by atomic mass is 35.5. The summed E-state index contributed by atoms with van der Waals surface area (Å²) in [6.45, 7) is 1.92. The van der Waals surface area contributed by atoms with Crippen molar-refractivity contribution in [2.24, 2.45) is 0 Å². The standard InChI is InChI=1S/C12H9F2N.2ClH/c1-8-4-5-15-12(6-8)9-2-3-10(13)11(14)7-9;;/h2-7H,1H3;2*1H. The van der Waals surface area contributed by atoms with E-state index in [9.17, 15) is 8.78 Å². The van der Waals surface area contributed by atoms with E-state index in [-0.39, 0.29) is 24.8 Å². The molecule has 17 heavy (non-hydrogen) atoms. The summed E-state index contributed by atoms with van der Waals surface area (Å²) < 4.78 is 25.7. The van der Waals surface area contributed by atoms with Gasteiger partial charge in [-0.2, -0.15) is 0 Å². The van der Waals surface area contributed by atoms with E-state index in [0.29, 0.717) is 11.3 Å². The molecule has 2 aromatic rings. The van der Waals surface area contributed by atoms with Gasteiger partial charge in [0.15, 0.2) is 11.6 Å². The van der Waals surface area contributed by atoms with Crippen molar-refractivity contribution in [3.05, 3.63) is 53.7 Å². The summed E-state index contributed by atoms with van der Waals surface area (Å²) in [7, 11) is 0. The van der Waals surface area contributed by atoms with Gasteiger partial charge < -0.3 is 0 Å². The molecule has 0 radical (unpaired) electrons. The van der Waals surface area contributed by atoms with E-state index in [4.69, 9.17) is 0 Å². The maximum atomic E-state index is 13.0. The smallest absolute Gasteiger partial charge is 0.159 e. The number of halogens is 4. The van der Waals surface area contributed by atoms with Crippen molar-refractivity contribution < 1.29 is 8.78 Å². The van der Waals surface area contributed by atoms with E-state index in [1.54, 1.807) is 6.20 Å². The lowest BCUT2D eigenvalue weighted by Crippen LogP contribution is -1.88. The largest absolute Gasteiger partial charge is 0.256 e. The first-order chi connectivity index (χ1) is 7.16. The third-order valence-corrected chi connectivity index (χ3v) is 2.13. The molecule has 1 heterocycles. The van der Waals surface area contributed by atoms with E-state index in [1.807, 2.05) is 19.1 Å². The summed E-state index contributed by atoms with van der Waals surface area (Å²) in [6, 6.07) is 7.45. The topological polar surface area (TPSA) is 12.9 Å². The molecule has 0 saturated carbocycles. The molecule has 0 amide bonds. The molecule has 0 aliphatic rings. The number of rotatable bonds is 1. The Morgan fingerprint density at radius 1 is 0.941 bits per heavy atom. The third-order valence-electron chi connectivity index (χ3n) is 2.13. The summed E-state index contributed by atoms with van der Waals surface area (Å²) in [4.78, 5) is 4.09. The number of benzene rings is 1. The lowest BCUT2D eigenvalue weighted by molar-refractivity contribution is 0.509. The second-order valence-electron chi connectivity index (χ2n) is 3.35. The number of aryl methyl sites for hydroxylation is 1. The van der Waals surface area contributed by atoms with Crippen LogP contribution in [-0.4, -0.2) is 4.98 Å². The Bertz CT molecular complexity index is 504. The quantitative estimate of drug-likeness (QED) is 0.762. The minimum atomic E-state index is -0.851. The van der Waals surface area contributed by atoms with Crippen molar-refractivity contribution in [2.75, 3.05) is 0 Å². The first-order valence-electron chi connectivity index (χ1n) is 4.55. The van der Waals surface area contributed by atoms with Crippen LogP contribution in [-0.2, 0) is 0 Å². The lowest BCUT2D eigenvalue weighted by Gasteiger charge is -2.02. The Balaban J connectivity index is 0.00000128. The molecule has 92 valence electrons. The second-order valence-corrected chi connectivity index (χ2v) is 3.35. The van der Waals surface area contributed by atoms with Crippen molar-refractivity contribution >= 4 is 24.8 Å². The number of nitrogens with zero attached hydrogens (tertiary/aromatic N) is 1. The molecule has 1 aromatic heterocycles. The van der Waals surface area contributed by atoms with Gasteiger partial charge in [0.2, 0.25) is 0 Å². The van der Waals surface area contributed by atoms with Crippen LogP contribution in [0, 0.1) is 18.6 Å². The minimum Gasteiger partial charge on any atom is -0.256 e. The highest BCUT2D eigenvalue weighted by Crippen LogP contribution is 2.19. The van der Waals surface area contributed by atoms with E-state index in [2.05, 4.69) is 4.98 Å². The van der Waals surface area contributed by atoms with Crippen LogP contribution in [0.5, 0.6) is 0 Å². The molecule has 0 aliphatic carbocycles. The van der Waals surface area contributed by atoms with Crippen LogP contribution in [0.15, 0.2) is 36.5 Å². The zero-order valence-corrected chi connectivity index (χ0v) is 10.6. The van der Waals surface area contributed by atoms with E-state index < -0.39 is 11.6 Å². The Morgan fingerprint density at radius 3 is 2.24 bits per heavy atom. The van der Waals surface area contributed by atoms with Crippen molar-refractivity contribution in [3.63, 3.8) is 0 Å². The summed E-state index contributed by atoms with van der Waals surface area (Å²) in [5.74, 6) is -1.69. The number of pyridine rings is 1. The van der Waals surface area contributed by atoms with Gasteiger partial charge in [-0.25, -0.2) is 8.78 Å². The van der Waals surface area contributed by atoms with Crippen LogP contribution in [0.2, 0.25) is 0 Å². The highest BCUT2D eigenvalue weighted by molar-refractivity contribution is 5.85. The highest BCUT2D eigenvalue weighted by Gasteiger charge is 2.05. The molecule has 0 saturated heterocycles. The van der Waals surface area contributed by atoms with E-state index in [0.717, 1.165) is 17.7 Å². The Kier molecular flexibility index (Phi) is 6.07. The average molecular weight is 278 g/mol. The number of hydrogen-bond acceptors (Lipinski definition) is 1. The second kappa shape index (κ2) is 6.52. The molecule has 0 fully saturated rings. The van der Waals surface area contributed by atoms with Crippen molar-refractivity contribution in [1.29, 1.82) is 0 Å². The van der Waals surface area contributed by atoms with E-state index >= 15 is 0 Å². The Morgan fingerprint density at radius 2 is 1.65 bits per heavy atom. The SMILES string of the molecule is Cc1ccnc(-c2ccc(F)c(F)c2)c1.Cl.Cl. The van der Waals surface area contributed by atoms with Gasteiger partial charge >= 0.3 is 0 Å². The molecule has 0 atom stereocenters. The molecule has 2 rings (SSSR count). The van der Waals surface area contributed by atoms with Gasteiger partial charge in [-0.1, -0.05) is 0 Å². The number of hydrogen-bond donors (Lipinski definition) is 0. The Labute approximate surface area is 111 Å².